The van der Waals surface area contributed by atoms with Crippen molar-refractivity contribution >= 4 is 35.2 Å². The fraction of sp³-hybridized carbons (Fsp3) is 0.400. The predicted molar refractivity (Wildman–Crippen MR) is 85.9 cm³/mol. The van der Waals surface area contributed by atoms with Crippen LogP contribution in [-0.4, -0.2) is 59.5 Å². The molecule has 3 amide bonds. The van der Waals surface area contributed by atoms with E-state index < -0.39 is 17.9 Å². The Balaban J connectivity index is 2.26. The number of carbonyl (C=O) groups excluding carboxylic acids is 2. The van der Waals surface area contributed by atoms with Gasteiger partial charge in [0.2, 0.25) is 0 Å². The van der Waals surface area contributed by atoms with Gasteiger partial charge < -0.3 is 20.2 Å². The Morgan fingerprint density at radius 3 is 2.65 bits per heavy atom. The summed E-state index contributed by atoms with van der Waals surface area (Å²) in [6.07, 6.45) is 1.06. The number of likely N-dealkylation sites (tertiary alicyclic amines) is 1. The first-order valence-electron chi connectivity index (χ1n) is 7.13. The van der Waals surface area contributed by atoms with Crippen LogP contribution in [-0.2, 0) is 4.79 Å². The van der Waals surface area contributed by atoms with Gasteiger partial charge >= 0.3 is 12.0 Å². The van der Waals surface area contributed by atoms with Crippen LogP contribution in [0.5, 0.6) is 0 Å². The molecule has 0 radical (unpaired) electrons. The number of halogens is 1. The number of benzene rings is 1. The molecule has 2 N–H and O–H groups in total. The molecule has 0 saturated carbocycles. The molecule has 0 unspecified atom stereocenters. The molecule has 7 nitrogen and oxygen atoms in total. The van der Waals surface area contributed by atoms with Crippen molar-refractivity contribution in [3.63, 3.8) is 0 Å². The Bertz CT molecular complexity index is 648. The third-order valence-corrected chi connectivity index (χ3v) is 3.98. The van der Waals surface area contributed by atoms with E-state index in [1.54, 1.807) is 20.2 Å². The van der Waals surface area contributed by atoms with E-state index in [9.17, 15) is 19.5 Å². The maximum absolute atomic E-state index is 12.6. The number of hydrogen-bond acceptors (Lipinski definition) is 3. The van der Waals surface area contributed by atoms with Crippen molar-refractivity contribution in [1.82, 2.24) is 9.80 Å². The molecule has 2 rings (SSSR count). The molecule has 1 heterocycles. The lowest BCUT2D eigenvalue weighted by molar-refractivity contribution is -0.141. The first-order valence-corrected chi connectivity index (χ1v) is 7.50. The summed E-state index contributed by atoms with van der Waals surface area (Å²) in [6, 6.07) is 3.38. The summed E-state index contributed by atoms with van der Waals surface area (Å²) >= 11 is 6.08. The van der Waals surface area contributed by atoms with Gasteiger partial charge in [-0.25, -0.2) is 9.59 Å². The van der Waals surface area contributed by atoms with Crippen molar-refractivity contribution in [1.29, 1.82) is 0 Å². The highest BCUT2D eigenvalue weighted by atomic mass is 35.5. The molecule has 0 bridgehead atoms. The number of nitrogens with one attached hydrogen (secondary N) is 1. The van der Waals surface area contributed by atoms with Crippen LogP contribution >= 0.6 is 11.6 Å². The first kappa shape index (κ1) is 17.1. The number of nitrogens with zero attached hydrogens (tertiary/aromatic N) is 2. The predicted octanol–water partition coefficient (Wildman–Crippen LogP) is 2.12. The molecule has 23 heavy (non-hydrogen) atoms. The number of aliphatic carboxylic acids is 1. The molecule has 1 fully saturated rings. The van der Waals surface area contributed by atoms with E-state index >= 15 is 0 Å². The number of carbonyl (C=O) groups is 3. The molecule has 0 aromatic heterocycles. The highest BCUT2D eigenvalue weighted by Gasteiger charge is 2.35. The van der Waals surface area contributed by atoms with Crippen LogP contribution in [0.2, 0.25) is 5.02 Å². The second-order valence-corrected chi connectivity index (χ2v) is 5.92. The molecule has 0 spiro atoms. The Morgan fingerprint density at radius 1 is 1.35 bits per heavy atom. The summed E-state index contributed by atoms with van der Waals surface area (Å²) in [5, 5.41) is 12.0. The average Bonchev–Trinajstić information content (AvgIpc) is 2.98. The van der Waals surface area contributed by atoms with Crippen molar-refractivity contribution in [2.24, 2.45) is 0 Å². The summed E-state index contributed by atoms with van der Waals surface area (Å²) in [7, 11) is 3.19. The van der Waals surface area contributed by atoms with Gasteiger partial charge in [-0.15, -0.1) is 0 Å². The fourth-order valence-electron chi connectivity index (χ4n) is 2.42. The van der Waals surface area contributed by atoms with Gasteiger partial charge in [0.15, 0.2) is 0 Å². The second-order valence-electron chi connectivity index (χ2n) is 5.51. The molecule has 1 saturated heterocycles. The topological polar surface area (TPSA) is 90.0 Å². The first-order chi connectivity index (χ1) is 10.8. The van der Waals surface area contributed by atoms with E-state index in [2.05, 4.69) is 5.32 Å². The van der Waals surface area contributed by atoms with Gasteiger partial charge in [-0.3, -0.25) is 4.79 Å². The average molecular weight is 340 g/mol. The molecule has 124 valence electrons. The van der Waals surface area contributed by atoms with E-state index in [0.29, 0.717) is 25.1 Å². The molecular formula is C15H18ClN3O4. The minimum absolute atomic E-state index is 0.177. The fourth-order valence-corrected chi connectivity index (χ4v) is 2.62. The number of carboxylic acid groups (broad SMARTS) is 1. The number of urea groups is 1. The largest absolute Gasteiger partial charge is 0.480 e. The molecule has 1 aromatic carbocycles. The smallest absolute Gasteiger partial charge is 0.326 e. The van der Waals surface area contributed by atoms with Crippen LogP contribution in [0, 0.1) is 0 Å². The van der Waals surface area contributed by atoms with Gasteiger partial charge in [-0.2, -0.15) is 0 Å². The van der Waals surface area contributed by atoms with Gasteiger partial charge in [0.05, 0.1) is 10.6 Å². The van der Waals surface area contributed by atoms with E-state index in [0.717, 1.165) is 0 Å². The zero-order valence-corrected chi connectivity index (χ0v) is 13.6. The third kappa shape index (κ3) is 3.73. The lowest BCUT2D eigenvalue weighted by Crippen LogP contribution is -2.40. The van der Waals surface area contributed by atoms with E-state index in [4.69, 9.17) is 11.6 Å². The Hall–Kier alpha value is -2.28. The van der Waals surface area contributed by atoms with Crippen molar-refractivity contribution in [3.05, 3.63) is 28.8 Å². The van der Waals surface area contributed by atoms with Gasteiger partial charge in [0, 0.05) is 26.3 Å². The number of carboxylic acids is 1. The minimum atomic E-state index is -1.02. The highest BCUT2D eigenvalue weighted by molar-refractivity contribution is 6.34. The number of anilines is 1. The van der Waals surface area contributed by atoms with E-state index in [1.165, 1.54) is 21.9 Å². The molecule has 8 heteroatoms. The van der Waals surface area contributed by atoms with Crippen LogP contribution in [0.3, 0.4) is 0 Å². The third-order valence-electron chi connectivity index (χ3n) is 3.65. The van der Waals surface area contributed by atoms with Crippen LogP contribution in [0.15, 0.2) is 18.2 Å². The summed E-state index contributed by atoms with van der Waals surface area (Å²) < 4.78 is 0. The van der Waals surface area contributed by atoms with Crippen molar-refractivity contribution in [2.75, 3.05) is 26.0 Å². The molecule has 1 aliphatic heterocycles. The van der Waals surface area contributed by atoms with Gasteiger partial charge in [-0.05, 0) is 31.0 Å². The lowest BCUT2D eigenvalue weighted by Gasteiger charge is -2.22. The van der Waals surface area contributed by atoms with E-state index in [1.807, 2.05) is 0 Å². The quantitative estimate of drug-likeness (QED) is 0.882. The van der Waals surface area contributed by atoms with Crippen molar-refractivity contribution in [2.45, 2.75) is 18.9 Å². The van der Waals surface area contributed by atoms with E-state index in [-0.39, 0.29) is 16.6 Å². The lowest BCUT2D eigenvalue weighted by atomic mass is 10.1. The normalized spacial score (nSPS) is 17.0. The molecule has 1 atom stereocenters. The van der Waals surface area contributed by atoms with Gasteiger partial charge in [0.25, 0.3) is 5.91 Å². The summed E-state index contributed by atoms with van der Waals surface area (Å²) in [6.45, 7) is 0.375. The standard InChI is InChI=1S/C15H18ClN3O4/c1-18(2)15(23)17-9-5-6-11(16)10(8-9)13(20)19-7-3-4-12(19)14(21)22/h5-6,8,12H,3-4,7H2,1-2H3,(H,17,23)(H,21,22)/t12-/m0/s1. The van der Waals surface area contributed by atoms with Crippen LogP contribution in [0.4, 0.5) is 10.5 Å². The maximum atomic E-state index is 12.6. The van der Waals surface area contributed by atoms with Crippen molar-refractivity contribution in [3.8, 4) is 0 Å². The summed E-state index contributed by atoms with van der Waals surface area (Å²) in [5.41, 5.74) is 0.596. The minimum Gasteiger partial charge on any atom is -0.480 e. The number of rotatable bonds is 3. The Labute approximate surface area is 138 Å². The zero-order chi connectivity index (χ0) is 17.1. The van der Waals surface area contributed by atoms with Crippen LogP contribution in [0.25, 0.3) is 0 Å². The highest BCUT2D eigenvalue weighted by Crippen LogP contribution is 2.26. The molecule has 1 aliphatic rings. The van der Waals surface area contributed by atoms with Crippen LogP contribution < -0.4 is 5.32 Å². The monoisotopic (exact) mass is 339 g/mol. The number of hydrogen-bond donors (Lipinski definition) is 2. The molecule has 1 aromatic rings. The number of amides is 3. The zero-order valence-electron chi connectivity index (χ0n) is 12.9. The van der Waals surface area contributed by atoms with Gasteiger partial charge in [-0.1, -0.05) is 11.6 Å². The SMILES string of the molecule is CN(C)C(=O)Nc1ccc(Cl)c(C(=O)N2CCC[C@H]2C(=O)O)c1. The van der Waals surface area contributed by atoms with Gasteiger partial charge in [0.1, 0.15) is 6.04 Å². The summed E-state index contributed by atoms with van der Waals surface area (Å²) in [5.74, 6) is -1.47. The summed E-state index contributed by atoms with van der Waals surface area (Å²) in [4.78, 5) is 38.2. The maximum Gasteiger partial charge on any atom is 0.326 e. The van der Waals surface area contributed by atoms with Crippen LogP contribution in [0.1, 0.15) is 23.2 Å². The Morgan fingerprint density at radius 2 is 2.04 bits per heavy atom. The second kappa shape index (κ2) is 6.87. The van der Waals surface area contributed by atoms with Crippen molar-refractivity contribution < 1.29 is 19.5 Å². The molecular weight excluding hydrogens is 322 g/mol. The Kier molecular flexibility index (Phi) is 5.10. The molecule has 0 aliphatic carbocycles.